The SMILES string of the molecule is Cc1ccc(NCCCS)c(C)c1. The minimum Gasteiger partial charge on any atom is -0.385 e. The first-order chi connectivity index (χ1) is 6.24. The molecule has 1 nitrogen and oxygen atoms in total. The van der Waals surface area contributed by atoms with Crippen LogP contribution in [-0.4, -0.2) is 12.3 Å². The number of hydrogen-bond acceptors (Lipinski definition) is 2. The van der Waals surface area contributed by atoms with Gasteiger partial charge in [0.1, 0.15) is 0 Å². The predicted octanol–water partition coefficient (Wildman–Crippen LogP) is 3.04. The summed E-state index contributed by atoms with van der Waals surface area (Å²) in [7, 11) is 0. The van der Waals surface area contributed by atoms with Crippen molar-refractivity contribution in [2.24, 2.45) is 0 Å². The minimum atomic E-state index is 0.942. The Morgan fingerprint density at radius 2 is 2.08 bits per heavy atom. The van der Waals surface area contributed by atoms with Gasteiger partial charge < -0.3 is 5.32 Å². The molecule has 0 aliphatic carbocycles. The van der Waals surface area contributed by atoms with E-state index in [-0.39, 0.29) is 0 Å². The van der Waals surface area contributed by atoms with Crippen molar-refractivity contribution in [1.29, 1.82) is 0 Å². The van der Waals surface area contributed by atoms with E-state index in [0.29, 0.717) is 0 Å². The second-order valence-corrected chi connectivity index (χ2v) is 3.77. The standard InChI is InChI=1S/C11H17NS/c1-9-4-5-11(10(2)8-9)12-6-3-7-13/h4-5,8,12-13H,3,6-7H2,1-2H3. The first-order valence-corrected chi connectivity index (χ1v) is 5.29. The van der Waals surface area contributed by atoms with Crippen LogP contribution in [0.5, 0.6) is 0 Å². The van der Waals surface area contributed by atoms with Gasteiger partial charge >= 0.3 is 0 Å². The van der Waals surface area contributed by atoms with Crippen molar-refractivity contribution in [3.8, 4) is 0 Å². The lowest BCUT2D eigenvalue weighted by molar-refractivity contribution is 0.992. The van der Waals surface area contributed by atoms with E-state index >= 15 is 0 Å². The van der Waals surface area contributed by atoms with Crippen molar-refractivity contribution in [3.63, 3.8) is 0 Å². The first-order valence-electron chi connectivity index (χ1n) is 4.66. The van der Waals surface area contributed by atoms with Crippen molar-refractivity contribution in [2.45, 2.75) is 20.3 Å². The van der Waals surface area contributed by atoms with Crippen LogP contribution in [0.1, 0.15) is 17.5 Å². The summed E-state index contributed by atoms with van der Waals surface area (Å²) in [6.07, 6.45) is 1.11. The lowest BCUT2D eigenvalue weighted by atomic mass is 10.1. The van der Waals surface area contributed by atoms with Crippen LogP contribution in [-0.2, 0) is 0 Å². The molecule has 0 radical (unpaired) electrons. The Morgan fingerprint density at radius 1 is 1.31 bits per heavy atom. The summed E-state index contributed by atoms with van der Waals surface area (Å²) in [4.78, 5) is 0. The van der Waals surface area contributed by atoms with Crippen molar-refractivity contribution in [3.05, 3.63) is 29.3 Å². The fourth-order valence-electron chi connectivity index (χ4n) is 1.31. The number of benzene rings is 1. The van der Waals surface area contributed by atoms with E-state index in [1.165, 1.54) is 16.8 Å². The van der Waals surface area contributed by atoms with Gasteiger partial charge in [0, 0.05) is 12.2 Å². The maximum absolute atomic E-state index is 4.17. The number of hydrogen-bond donors (Lipinski definition) is 2. The van der Waals surface area contributed by atoms with E-state index in [9.17, 15) is 0 Å². The van der Waals surface area contributed by atoms with E-state index in [1.807, 2.05) is 0 Å². The van der Waals surface area contributed by atoms with Crippen LogP contribution >= 0.6 is 12.6 Å². The van der Waals surface area contributed by atoms with Crippen LogP contribution in [0.4, 0.5) is 5.69 Å². The number of rotatable bonds is 4. The molecule has 0 saturated heterocycles. The predicted molar refractivity (Wildman–Crippen MR) is 62.9 cm³/mol. The third-order valence-electron chi connectivity index (χ3n) is 2.03. The Morgan fingerprint density at radius 3 is 2.69 bits per heavy atom. The van der Waals surface area contributed by atoms with E-state index in [1.54, 1.807) is 0 Å². The van der Waals surface area contributed by atoms with Crippen LogP contribution in [0.3, 0.4) is 0 Å². The molecule has 0 aliphatic rings. The van der Waals surface area contributed by atoms with Crippen LogP contribution in [0.25, 0.3) is 0 Å². The van der Waals surface area contributed by atoms with Gasteiger partial charge in [-0.05, 0) is 37.7 Å². The highest BCUT2D eigenvalue weighted by Gasteiger charge is 1.96. The fourth-order valence-corrected chi connectivity index (χ4v) is 1.47. The van der Waals surface area contributed by atoms with Gasteiger partial charge in [-0.3, -0.25) is 0 Å². The Bertz CT molecular complexity index is 271. The maximum Gasteiger partial charge on any atom is 0.0370 e. The van der Waals surface area contributed by atoms with E-state index in [0.717, 1.165) is 18.7 Å². The molecule has 0 amide bonds. The molecule has 0 atom stereocenters. The average molecular weight is 195 g/mol. The summed E-state index contributed by atoms with van der Waals surface area (Å²) < 4.78 is 0. The Balaban J connectivity index is 2.56. The number of nitrogens with one attached hydrogen (secondary N) is 1. The van der Waals surface area contributed by atoms with E-state index in [2.05, 4.69) is 50.0 Å². The Hall–Kier alpha value is -0.630. The second kappa shape index (κ2) is 5.18. The molecule has 0 spiro atoms. The van der Waals surface area contributed by atoms with Gasteiger partial charge in [0.05, 0.1) is 0 Å². The molecule has 72 valence electrons. The van der Waals surface area contributed by atoms with Gasteiger partial charge in [-0.25, -0.2) is 0 Å². The third-order valence-corrected chi connectivity index (χ3v) is 2.35. The summed E-state index contributed by atoms with van der Waals surface area (Å²) in [6.45, 7) is 5.26. The van der Waals surface area contributed by atoms with Crippen LogP contribution < -0.4 is 5.32 Å². The smallest absolute Gasteiger partial charge is 0.0370 e. The number of anilines is 1. The molecule has 0 saturated carbocycles. The monoisotopic (exact) mass is 195 g/mol. The molecular formula is C11H17NS. The van der Waals surface area contributed by atoms with Gasteiger partial charge in [-0.2, -0.15) is 12.6 Å². The summed E-state index contributed by atoms with van der Waals surface area (Å²) in [5, 5.41) is 3.39. The molecule has 0 aromatic heterocycles. The molecule has 2 heteroatoms. The van der Waals surface area contributed by atoms with Crippen molar-refractivity contribution in [1.82, 2.24) is 0 Å². The minimum absolute atomic E-state index is 0.942. The lowest BCUT2D eigenvalue weighted by Gasteiger charge is -2.09. The first kappa shape index (κ1) is 10.5. The molecule has 13 heavy (non-hydrogen) atoms. The highest BCUT2D eigenvalue weighted by Crippen LogP contribution is 2.15. The van der Waals surface area contributed by atoms with Gasteiger partial charge in [0.15, 0.2) is 0 Å². The molecule has 1 aromatic carbocycles. The van der Waals surface area contributed by atoms with Crippen LogP contribution in [0.2, 0.25) is 0 Å². The van der Waals surface area contributed by atoms with E-state index in [4.69, 9.17) is 0 Å². The van der Waals surface area contributed by atoms with Crippen LogP contribution in [0.15, 0.2) is 18.2 Å². The molecular weight excluding hydrogens is 178 g/mol. The lowest BCUT2D eigenvalue weighted by Crippen LogP contribution is -2.03. The van der Waals surface area contributed by atoms with Gasteiger partial charge in [0.25, 0.3) is 0 Å². The summed E-state index contributed by atoms with van der Waals surface area (Å²) in [6, 6.07) is 6.47. The van der Waals surface area contributed by atoms with Gasteiger partial charge in [0.2, 0.25) is 0 Å². The quantitative estimate of drug-likeness (QED) is 0.556. The Labute approximate surface area is 86.0 Å². The van der Waals surface area contributed by atoms with Crippen molar-refractivity contribution < 1.29 is 0 Å². The highest BCUT2D eigenvalue weighted by atomic mass is 32.1. The molecule has 0 fully saturated rings. The highest BCUT2D eigenvalue weighted by molar-refractivity contribution is 7.80. The van der Waals surface area contributed by atoms with E-state index < -0.39 is 0 Å². The fraction of sp³-hybridized carbons (Fsp3) is 0.455. The second-order valence-electron chi connectivity index (χ2n) is 3.32. The molecule has 1 aromatic rings. The number of thiol groups is 1. The zero-order valence-corrected chi connectivity index (χ0v) is 9.20. The average Bonchev–Trinajstić information content (AvgIpc) is 2.09. The molecule has 1 rings (SSSR count). The largest absolute Gasteiger partial charge is 0.385 e. The van der Waals surface area contributed by atoms with Crippen LogP contribution in [0, 0.1) is 13.8 Å². The zero-order valence-electron chi connectivity index (χ0n) is 8.30. The molecule has 0 unspecified atom stereocenters. The normalized spacial score (nSPS) is 10.1. The molecule has 0 heterocycles. The maximum atomic E-state index is 4.17. The summed E-state index contributed by atoms with van der Waals surface area (Å²) >= 11 is 4.17. The summed E-state index contributed by atoms with van der Waals surface area (Å²) in [5.41, 5.74) is 3.88. The Kier molecular flexibility index (Phi) is 4.16. The topological polar surface area (TPSA) is 12.0 Å². The van der Waals surface area contributed by atoms with Crippen molar-refractivity contribution >= 4 is 18.3 Å². The third kappa shape index (κ3) is 3.31. The molecule has 1 N–H and O–H groups in total. The number of aryl methyl sites for hydroxylation is 2. The molecule has 0 aliphatic heterocycles. The molecule has 0 bridgehead atoms. The van der Waals surface area contributed by atoms with Gasteiger partial charge in [-0.1, -0.05) is 17.7 Å². The zero-order chi connectivity index (χ0) is 9.68. The van der Waals surface area contributed by atoms with Crippen molar-refractivity contribution in [2.75, 3.05) is 17.6 Å². The summed E-state index contributed by atoms with van der Waals surface area (Å²) in [5.74, 6) is 0.942. The van der Waals surface area contributed by atoms with Gasteiger partial charge in [-0.15, -0.1) is 0 Å².